The van der Waals surface area contributed by atoms with E-state index in [0.717, 1.165) is 5.56 Å². The monoisotopic (exact) mass is 736 g/mol. The number of carbonyl (C=O) groups is 6. The van der Waals surface area contributed by atoms with Gasteiger partial charge in [-0.05, 0) is 73.9 Å². The van der Waals surface area contributed by atoms with Crippen molar-refractivity contribution < 1.29 is 33.9 Å². The number of unbranched alkanes of at least 4 members (excludes halogenated alkanes) is 1. The number of aryl methyl sites for hydroxylation is 1. The number of aldehydes is 1. The molecule has 2 rings (SSSR count). The Labute approximate surface area is 299 Å². The summed E-state index contributed by atoms with van der Waals surface area (Å²) in [6.07, 6.45) is 4.48. The number of hydrogen-bond acceptors (Lipinski definition) is 10. The maximum Gasteiger partial charge on any atom is 0.245 e. The van der Waals surface area contributed by atoms with Crippen LogP contribution >= 0.6 is 33.2 Å². The maximum absolute atomic E-state index is 13.5. The lowest BCUT2D eigenvalue weighted by Crippen LogP contribution is -2.56. The molecule has 49 heavy (non-hydrogen) atoms. The van der Waals surface area contributed by atoms with Crippen LogP contribution in [0.1, 0.15) is 36.8 Å². The number of benzene rings is 2. The predicted molar refractivity (Wildman–Crippen MR) is 193 cm³/mol. The average Bonchev–Trinajstić information content (AvgIpc) is 3.08. The van der Waals surface area contributed by atoms with Crippen LogP contribution in [0.25, 0.3) is 0 Å². The number of rotatable bonds is 22. The molecule has 3 unspecified atom stereocenters. The lowest BCUT2D eigenvalue weighted by atomic mass is 10.0. The van der Waals surface area contributed by atoms with E-state index < -0.39 is 48.3 Å². The molecule has 0 radical (unpaired) electrons. The number of hydrogen-bond donors (Lipinski definition) is 6. The Morgan fingerprint density at radius 2 is 1.55 bits per heavy atom. The molecule has 3 atom stereocenters. The number of aromatic hydroxyl groups is 1. The van der Waals surface area contributed by atoms with E-state index in [1.807, 2.05) is 18.4 Å². The molecule has 0 saturated carbocycles. The van der Waals surface area contributed by atoms with Gasteiger partial charge in [0.2, 0.25) is 29.5 Å². The van der Waals surface area contributed by atoms with Gasteiger partial charge in [0.15, 0.2) is 0 Å². The van der Waals surface area contributed by atoms with E-state index in [9.17, 15) is 33.9 Å². The molecule has 13 nitrogen and oxygen atoms in total. The number of phenolic OH excluding ortho intramolecular Hbond substituents is 1. The van der Waals surface area contributed by atoms with Crippen LogP contribution in [-0.4, -0.2) is 103 Å². The standard InChI is InChI=1S/C33H45ClN6O7S2/c1-40(17-18-41)33(47)26(5-3-4-16-35)37-30(44)20-36-31(45)27(19-23-8-13-25(42)14-9-23)39-32(46)28(21-49-48-2)38-29(43)15-10-22-6-11-24(34)12-7-22/h6-9,11-14,18,26-28,42H,3-5,10,15-17,19-21,35H2,1-2H3,(H,36,45)(H,37,44)(H,38,43)(H,39,46). The Morgan fingerprint density at radius 1 is 0.898 bits per heavy atom. The van der Waals surface area contributed by atoms with Crippen LogP contribution in [0.15, 0.2) is 48.5 Å². The number of phenols is 1. The highest BCUT2D eigenvalue weighted by Crippen LogP contribution is 2.18. The van der Waals surface area contributed by atoms with E-state index >= 15 is 0 Å². The van der Waals surface area contributed by atoms with Crippen LogP contribution in [0.3, 0.4) is 0 Å². The van der Waals surface area contributed by atoms with Crippen LogP contribution < -0.4 is 27.0 Å². The van der Waals surface area contributed by atoms with Crippen molar-refractivity contribution in [3.63, 3.8) is 0 Å². The van der Waals surface area contributed by atoms with Crippen molar-refractivity contribution in [1.82, 2.24) is 26.2 Å². The number of likely N-dealkylation sites (N-methyl/N-ethyl adjacent to an activating group) is 1. The zero-order valence-corrected chi connectivity index (χ0v) is 30.0. The smallest absolute Gasteiger partial charge is 0.245 e. The van der Waals surface area contributed by atoms with Gasteiger partial charge in [-0.1, -0.05) is 57.5 Å². The second-order valence-electron chi connectivity index (χ2n) is 11.1. The summed E-state index contributed by atoms with van der Waals surface area (Å²) < 4.78 is 0. The van der Waals surface area contributed by atoms with Crippen molar-refractivity contribution in [2.24, 2.45) is 5.73 Å². The third kappa shape index (κ3) is 16.0. The maximum atomic E-state index is 13.5. The van der Waals surface area contributed by atoms with Gasteiger partial charge < -0.3 is 41.8 Å². The summed E-state index contributed by atoms with van der Waals surface area (Å²) >= 11 is 5.94. The number of nitrogens with two attached hydrogens (primary N) is 1. The third-order valence-electron chi connectivity index (χ3n) is 7.30. The van der Waals surface area contributed by atoms with Crippen molar-refractivity contribution in [1.29, 1.82) is 0 Å². The summed E-state index contributed by atoms with van der Waals surface area (Å²) in [6.45, 7) is -0.226. The number of nitrogens with one attached hydrogen (secondary N) is 4. The number of amides is 5. The van der Waals surface area contributed by atoms with E-state index in [2.05, 4.69) is 21.3 Å². The fourth-order valence-corrected chi connectivity index (χ4v) is 6.05. The molecule has 16 heteroatoms. The Bertz CT molecular complexity index is 1380. The minimum atomic E-state index is -1.15. The topological polar surface area (TPSA) is 200 Å². The highest BCUT2D eigenvalue weighted by molar-refractivity contribution is 8.76. The first kappa shape index (κ1) is 41.4. The van der Waals surface area contributed by atoms with E-state index in [1.165, 1.54) is 45.7 Å². The first-order chi connectivity index (χ1) is 23.5. The number of carbonyl (C=O) groups excluding carboxylic acids is 6. The molecular weight excluding hydrogens is 692 g/mol. The van der Waals surface area contributed by atoms with E-state index in [0.29, 0.717) is 49.1 Å². The Kier molecular flexibility index (Phi) is 19.2. The third-order valence-corrected chi connectivity index (χ3v) is 9.37. The second kappa shape index (κ2) is 22.8. The molecule has 5 amide bonds. The van der Waals surface area contributed by atoms with Crippen LogP contribution in [0.5, 0.6) is 5.75 Å². The van der Waals surface area contributed by atoms with E-state index in [1.54, 1.807) is 24.3 Å². The largest absolute Gasteiger partial charge is 0.508 e. The lowest BCUT2D eigenvalue weighted by Gasteiger charge is -2.24. The summed E-state index contributed by atoms with van der Waals surface area (Å²) in [6, 6.07) is 10.2. The molecule has 0 aliphatic heterocycles. The molecule has 0 aromatic heterocycles. The van der Waals surface area contributed by atoms with Gasteiger partial charge in [0.05, 0.1) is 13.1 Å². The number of halogens is 1. The van der Waals surface area contributed by atoms with Gasteiger partial charge in [0.1, 0.15) is 30.2 Å². The molecule has 0 spiro atoms. The van der Waals surface area contributed by atoms with E-state index in [-0.39, 0.29) is 36.8 Å². The van der Waals surface area contributed by atoms with Crippen LogP contribution in [0, 0.1) is 0 Å². The molecular formula is C33H45ClN6O7S2. The van der Waals surface area contributed by atoms with Gasteiger partial charge in [-0.15, -0.1) is 0 Å². The van der Waals surface area contributed by atoms with E-state index in [4.69, 9.17) is 17.3 Å². The summed E-state index contributed by atoms with van der Waals surface area (Å²) in [5, 5.41) is 20.9. The van der Waals surface area contributed by atoms with Crippen molar-refractivity contribution in [2.75, 3.05) is 38.7 Å². The number of nitrogens with zero attached hydrogens (tertiary/aromatic N) is 1. The minimum Gasteiger partial charge on any atom is -0.508 e. The predicted octanol–water partition coefficient (Wildman–Crippen LogP) is 1.59. The highest BCUT2D eigenvalue weighted by Gasteiger charge is 2.28. The molecule has 2 aromatic rings. The van der Waals surface area contributed by atoms with Gasteiger partial charge in [-0.2, -0.15) is 0 Å². The van der Waals surface area contributed by atoms with Gasteiger partial charge in [-0.25, -0.2) is 0 Å². The quantitative estimate of drug-likeness (QED) is 0.0586. The summed E-state index contributed by atoms with van der Waals surface area (Å²) in [4.78, 5) is 77.6. The van der Waals surface area contributed by atoms with Crippen molar-refractivity contribution in [2.45, 2.75) is 56.7 Å². The first-order valence-corrected chi connectivity index (χ1v) is 18.8. The van der Waals surface area contributed by atoms with Crippen molar-refractivity contribution >= 4 is 69.0 Å². The Balaban J connectivity index is 2.13. The molecule has 0 saturated heterocycles. The molecule has 0 fully saturated rings. The summed E-state index contributed by atoms with van der Waals surface area (Å²) in [5.74, 6) is -2.45. The van der Waals surface area contributed by atoms with Crippen molar-refractivity contribution in [3.05, 3.63) is 64.7 Å². The van der Waals surface area contributed by atoms with Crippen molar-refractivity contribution in [3.8, 4) is 5.75 Å². The zero-order valence-electron chi connectivity index (χ0n) is 27.6. The highest BCUT2D eigenvalue weighted by atomic mass is 35.5. The van der Waals surface area contributed by atoms with Crippen LogP contribution in [0.2, 0.25) is 5.02 Å². The zero-order chi connectivity index (χ0) is 36.2. The van der Waals surface area contributed by atoms with Crippen LogP contribution in [0.4, 0.5) is 0 Å². The Morgan fingerprint density at radius 3 is 2.18 bits per heavy atom. The SMILES string of the molecule is CSSCC(NC(=O)CCc1ccc(Cl)cc1)C(=O)NC(Cc1ccc(O)cc1)C(=O)NCC(=O)NC(CCCCN)C(=O)N(C)CC=O. The molecule has 7 N–H and O–H groups in total. The van der Waals surface area contributed by atoms with Gasteiger partial charge in [-0.3, -0.25) is 24.0 Å². The molecule has 0 heterocycles. The molecule has 0 aliphatic carbocycles. The first-order valence-electron chi connectivity index (χ1n) is 15.7. The molecule has 0 bridgehead atoms. The normalized spacial score (nSPS) is 12.6. The second-order valence-corrected chi connectivity index (χ2v) is 14.2. The molecule has 2 aromatic carbocycles. The van der Waals surface area contributed by atoms with Gasteiger partial charge in [0.25, 0.3) is 0 Å². The minimum absolute atomic E-state index is 0.0169. The fourth-order valence-electron chi connectivity index (χ4n) is 4.60. The molecule has 268 valence electrons. The van der Waals surface area contributed by atoms with Crippen LogP contribution in [-0.2, 0) is 41.6 Å². The van der Waals surface area contributed by atoms with Gasteiger partial charge in [0, 0.05) is 30.7 Å². The molecule has 0 aliphatic rings. The fraction of sp³-hybridized carbons (Fsp3) is 0.455. The summed E-state index contributed by atoms with van der Waals surface area (Å²) in [5.41, 5.74) is 7.10. The average molecular weight is 737 g/mol. The van der Waals surface area contributed by atoms with Gasteiger partial charge >= 0.3 is 0 Å². The summed E-state index contributed by atoms with van der Waals surface area (Å²) in [7, 11) is 4.23. The lowest BCUT2D eigenvalue weighted by molar-refractivity contribution is -0.136. The Hall–Kier alpha value is -3.79.